The molecule has 2 nitrogen and oxygen atoms in total. The van der Waals surface area contributed by atoms with Gasteiger partial charge in [0.1, 0.15) is 6.54 Å². The van der Waals surface area contributed by atoms with Crippen LogP contribution in [0.5, 0.6) is 0 Å². The standard InChI is InChI=1S/C10H16NO/c1-9-4-6-10(7-5-9)8-11(2,3)12/h4-7,12H,8H2,1-3H3/q+1. The summed E-state index contributed by atoms with van der Waals surface area (Å²) in [5.74, 6) is 0. The average molecular weight is 166 g/mol. The van der Waals surface area contributed by atoms with Gasteiger partial charge in [-0.2, -0.15) is 4.65 Å². The molecule has 1 rings (SSSR count). The number of hydroxylamine groups is 3. The minimum Gasteiger partial charge on any atom is -0.217 e. The highest BCUT2D eigenvalue weighted by atomic mass is 16.5. The molecule has 0 spiro atoms. The maximum atomic E-state index is 9.48. The zero-order valence-corrected chi connectivity index (χ0v) is 7.91. The van der Waals surface area contributed by atoms with Gasteiger partial charge in [-0.3, -0.25) is 0 Å². The summed E-state index contributed by atoms with van der Waals surface area (Å²) in [4.78, 5) is 0. The summed E-state index contributed by atoms with van der Waals surface area (Å²) >= 11 is 0. The van der Waals surface area contributed by atoms with Gasteiger partial charge in [-0.05, 0) is 6.92 Å². The van der Waals surface area contributed by atoms with Crippen molar-refractivity contribution in [3.8, 4) is 0 Å². The molecule has 1 aromatic rings. The van der Waals surface area contributed by atoms with Gasteiger partial charge in [-0.25, -0.2) is 5.21 Å². The molecule has 0 aliphatic heterocycles. The highest BCUT2D eigenvalue weighted by Gasteiger charge is 2.10. The van der Waals surface area contributed by atoms with Gasteiger partial charge >= 0.3 is 0 Å². The molecular weight excluding hydrogens is 150 g/mol. The molecule has 2 heteroatoms. The molecule has 0 aliphatic carbocycles. The molecule has 1 N–H and O–H groups in total. The third kappa shape index (κ3) is 3.03. The Hall–Kier alpha value is -0.860. The summed E-state index contributed by atoms with van der Waals surface area (Å²) in [6.07, 6.45) is 0. The van der Waals surface area contributed by atoms with Gasteiger partial charge in [-0.15, -0.1) is 0 Å². The second kappa shape index (κ2) is 3.25. The van der Waals surface area contributed by atoms with Crippen LogP contribution in [0.25, 0.3) is 0 Å². The van der Waals surface area contributed by atoms with Gasteiger partial charge < -0.3 is 0 Å². The monoisotopic (exact) mass is 166 g/mol. The zero-order valence-electron chi connectivity index (χ0n) is 7.91. The van der Waals surface area contributed by atoms with Crippen molar-refractivity contribution >= 4 is 0 Å². The third-order valence-electron chi connectivity index (χ3n) is 1.69. The van der Waals surface area contributed by atoms with Crippen LogP contribution in [0.1, 0.15) is 11.1 Å². The average Bonchev–Trinajstić information content (AvgIpc) is 1.91. The number of benzene rings is 1. The fraction of sp³-hybridized carbons (Fsp3) is 0.400. The highest BCUT2D eigenvalue weighted by molar-refractivity contribution is 5.20. The fourth-order valence-electron chi connectivity index (χ4n) is 1.14. The van der Waals surface area contributed by atoms with Crippen LogP contribution in [0.2, 0.25) is 0 Å². The van der Waals surface area contributed by atoms with Crippen molar-refractivity contribution in [3.63, 3.8) is 0 Å². The van der Waals surface area contributed by atoms with E-state index in [4.69, 9.17) is 0 Å². The number of nitrogens with zero attached hydrogens (tertiary/aromatic N) is 1. The first-order valence-corrected chi connectivity index (χ1v) is 4.09. The second-order valence-electron chi connectivity index (χ2n) is 3.76. The molecule has 0 amide bonds. The maximum Gasteiger partial charge on any atom is 0.134 e. The number of rotatable bonds is 2. The van der Waals surface area contributed by atoms with Gasteiger partial charge in [0.25, 0.3) is 0 Å². The van der Waals surface area contributed by atoms with E-state index in [0.29, 0.717) is 6.54 Å². The SMILES string of the molecule is Cc1ccc(C[N+](C)(C)O)cc1. The van der Waals surface area contributed by atoms with Crippen LogP contribution in [-0.4, -0.2) is 23.9 Å². The molecule has 0 unspecified atom stereocenters. The molecule has 0 aliphatic rings. The minimum absolute atomic E-state index is 0.0109. The highest BCUT2D eigenvalue weighted by Crippen LogP contribution is 2.07. The molecule has 0 heterocycles. The van der Waals surface area contributed by atoms with Gasteiger partial charge in [0, 0.05) is 5.56 Å². The Morgan fingerprint density at radius 2 is 1.67 bits per heavy atom. The van der Waals surface area contributed by atoms with Crippen LogP contribution < -0.4 is 0 Å². The molecule has 0 bridgehead atoms. The van der Waals surface area contributed by atoms with Gasteiger partial charge in [-0.1, -0.05) is 29.8 Å². The molecular formula is C10H16NO+. The number of hydrogen-bond acceptors (Lipinski definition) is 1. The van der Waals surface area contributed by atoms with Crippen LogP contribution in [0.4, 0.5) is 0 Å². The van der Waals surface area contributed by atoms with E-state index in [2.05, 4.69) is 19.1 Å². The van der Waals surface area contributed by atoms with Crippen LogP contribution in [0.3, 0.4) is 0 Å². The predicted octanol–water partition coefficient (Wildman–Crippen LogP) is 1.96. The summed E-state index contributed by atoms with van der Waals surface area (Å²) in [6, 6.07) is 8.22. The van der Waals surface area contributed by atoms with Crippen molar-refractivity contribution in [2.75, 3.05) is 14.1 Å². The Morgan fingerprint density at radius 1 is 1.17 bits per heavy atom. The first kappa shape index (κ1) is 9.23. The Bertz CT molecular complexity index is 246. The fourth-order valence-corrected chi connectivity index (χ4v) is 1.14. The number of aryl methyl sites for hydroxylation is 1. The van der Waals surface area contributed by atoms with Crippen molar-refractivity contribution in [1.82, 2.24) is 0 Å². The van der Waals surface area contributed by atoms with Crippen molar-refractivity contribution in [1.29, 1.82) is 0 Å². The topological polar surface area (TPSA) is 20.2 Å². The molecule has 66 valence electrons. The lowest BCUT2D eigenvalue weighted by molar-refractivity contribution is -1.08. The van der Waals surface area contributed by atoms with Gasteiger partial charge in [0.05, 0.1) is 14.1 Å². The largest absolute Gasteiger partial charge is 0.217 e. The van der Waals surface area contributed by atoms with Crippen LogP contribution in [0.15, 0.2) is 24.3 Å². The lowest BCUT2D eigenvalue weighted by Crippen LogP contribution is -2.34. The number of hydrogen-bond donors (Lipinski definition) is 1. The van der Waals surface area contributed by atoms with E-state index in [0.717, 1.165) is 5.56 Å². The van der Waals surface area contributed by atoms with Crippen molar-refractivity contribution in [3.05, 3.63) is 35.4 Å². The Labute approximate surface area is 73.6 Å². The van der Waals surface area contributed by atoms with Gasteiger partial charge in [0.2, 0.25) is 0 Å². The first-order valence-electron chi connectivity index (χ1n) is 4.09. The molecule has 0 saturated carbocycles. The van der Waals surface area contributed by atoms with Crippen LogP contribution in [-0.2, 0) is 6.54 Å². The molecule has 0 fully saturated rings. The summed E-state index contributed by atoms with van der Waals surface area (Å²) in [7, 11) is 3.53. The predicted molar refractivity (Wildman–Crippen MR) is 48.8 cm³/mol. The van der Waals surface area contributed by atoms with E-state index in [1.54, 1.807) is 14.1 Å². The number of quaternary nitrogens is 1. The molecule has 0 saturated heterocycles. The van der Waals surface area contributed by atoms with Crippen molar-refractivity contribution in [2.24, 2.45) is 0 Å². The first-order chi connectivity index (χ1) is 5.47. The second-order valence-corrected chi connectivity index (χ2v) is 3.76. The molecule has 0 atom stereocenters. The Morgan fingerprint density at radius 3 is 2.08 bits per heavy atom. The zero-order chi connectivity index (χ0) is 9.19. The van der Waals surface area contributed by atoms with E-state index in [9.17, 15) is 5.21 Å². The summed E-state index contributed by atoms with van der Waals surface area (Å²) < 4.78 is -0.0109. The van der Waals surface area contributed by atoms with E-state index in [1.807, 2.05) is 12.1 Å². The lowest BCUT2D eigenvalue weighted by Gasteiger charge is -2.19. The van der Waals surface area contributed by atoms with E-state index in [1.165, 1.54) is 5.56 Å². The van der Waals surface area contributed by atoms with Crippen molar-refractivity contribution < 1.29 is 9.85 Å². The molecule has 0 radical (unpaired) electrons. The summed E-state index contributed by atoms with van der Waals surface area (Å²) in [5, 5.41) is 9.48. The quantitative estimate of drug-likeness (QED) is 0.526. The van der Waals surface area contributed by atoms with Crippen LogP contribution >= 0.6 is 0 Å². The summed E-state index contributed by atoms with van der Waals surface area (Å²) in [5.41, 5.74) is 2.41. The minimum atomic E-state index is -0.0109. The normalized spacial score (nSPS) is 11.7. The van der Waals surface area contributed by atoms with E-state index < -0.39 is 0 Å². The summed E-state index contributed by atoms with van der Waals surface area (Å²) in [6.45, 7) is 2.71. The van der Waals surface area contributed by atoms with Gasteiger partial charge in [0.15, 0.2) is 0 Å². The Kier molecular flexibility index (Phi) is 2.50. The molecule has 12 heavy (non-hydrogen) atoms. The maximum absolute atomic E-state index is 9.48. The Balaban J connectivity index is 2.71. The molecule has 1 aromatic carbocycles. The molecule has 0 aromatic heterocycles. The third-order valence-corrected chi connectivity index (χ3v) is 1.69. The van der Waals surface area contributed by atoms with Crippen LogP contribution in [0, 0.1) is 6.92 Å². The lowest BCUT2D eigenvalue weighted by atomic mass is 10.1. The smallest absolute Gasteiger partial charge is 0.134 e. The van der Waals surface area contributed by atoms with E-state index >= 15 is 0 Å². The van der Waals surface area contributed by atoms with E-state index in [-0.39, 0.29) is 4.65 Å². The van der Waals surface area contributed by atoms with Crippen molar-refractivity contribution in [2.45, 2.75) is 13.5 Å².